The molecule has 0 aromatic heterocycles. The van der Waals surface area contributed by atoms with Gasteiger partial charge in [-0.05, 0) is 44.2 Å². The summed E-state index contributed by atoms with van der Waals surface area (Å²) < 4.78 is 5.03. The third kappa shape index (κ3) is 5.85. The molecule has 2 N–H and O–H groups in total. The van der Waals surface area contributed by atoms with Crippen molar-refractivity contribution in [2.24, 2.45) is 0 Å². The second kappa shape index (κ2) is 9.60. The molecule has 0 fully saturated rings. The quantitative estimate of drug-likeness (QED) is 0.554. The molecule has 7 heteroatoms. The van der Waals surface area contributed by atoms with Crippen LogP contribution in [0.4, 0.5) is 5.69 Å². The number of hydrogen-bond donors (Lipinski definition) is 2. The van der Waals surface area contributed by atoms with E-state index in [0.29, 0.717) is 6.54 Å². The topological polar surface area (TPSA) is 84.5 Å². The lowest BCUT2D eigenvalue weighted by atomic mass is 9.97. The number of rotatable bonds is 7. The van der Waals surface area contributed by atoms with E-state index in [1.807, 2.05) is 24.3 Å². The maximum Gasteiger partial charge on any atom is 0.307 e. The van der Waals surface area contributed by atoms with E-state index in [-0.39, 0.29) is 24.8 Å². The predicted octanol–water partition coefficient (Wildman–Crippen LogP) is 3.04. The van der Waals surface area contributed by atoms with E-state index < -0.39 is 11.2 Å². The second-order valence-corrected chi connectivity index (χ2v) is 7.91. The summed E-state index contributed by atoms with van der Waals surface area (Å²) in [6.45, 7) is 0.243. The standard InChI is InChI=1S/C20H24N2O4S/c23-18(21-11-10-14-6-2-1-3-7-14)13-26-19(24)12-17-20(25)22-15-8-4-5-9-16(15)27-17/h4-6,8-9,17H,1-3,7,10-13H2,(H,21,23)(H,22,25)/t17-/m1/s1. The molecule has 1 aromatic rings. The van der Waals surface area contributed by atoms with Crippen molar-refractivity contribution in [1.29, 1.82) is 0 Å². The summed E-state index contributed by atoms with van der Waals surface area (Å²) in [5.74, 6) is -1.08. The molecule has 0 bridgehead atoms. The van der Waals surface area contributed by atoms with Gasteiger partial charge in [0.15, 0.2) is 6.61 Å². The highest BCUT2D eigenvalue weighted by Crippen LogP contribution is 2.36. The molecule has 144 valence electrons. The minimum absolute atomic E-state index is 0.0645. The monoisotopic (exact) mass is 388 g/mol. The molecule has 3 rings (SSSR count). The van der Waals surface area contributed by atoms with Crippen LogP contribution in [0.3, 0.4) is 0 Å². The predicted molar refractivity (Wildman–Crippen MR) is 104 cm³/mol. The Morgan fingerprint density at radius 2 is 2.11 bits per heavy atom. The minimum Gasteiger partial charge on any atom is -0.456 e. The lowest BCUT2D eigenvalue weighted by Crippen LogP contribution is -2.33. The van der Waals surface area contributed by atoms with Crippen LogP contribution in [0.2, 0.25) is 0 Å². The number of carbonyl (C=O) groups excluding carboxylic acids is 3. The van der Waals surface area contributed by atoms with Gasteiger partial charge >= 0.3 is 5.97 Å². The van der Waals surface area contributed by atoms with Crippen molar-refractivity contribution < 1.29 is 19.1 Å². The Morgan fingerprint density at radius 1 is 1.26 bits per heavy atom. The fourth-order valence-corrected chi connectivity index (χ4v) is 4.22. The largest absolute Gasteiger partial charge is 0.456 e. The minimum atomic E-state index is -0.549. The number of nitrogens with one attached hydrogen (secondary N) is 2. The van der Waals surface area contributed by atoms with E-state index in [2.05, 4.69) is 16.7 Å². The second-order valence-electron chi connectivity index (χ2n) is 6.66. The Hall–Kier alpha value is -2.28. The molecular weight excluding hydrogens is 364 g/mol. The molecule has 2 aliphatic rings. The number of para-hydroxylation sites is 1. The Labute approximate surface area is 163 Å². The average molecular weight is 388 g/mol. The molecule has 1 aromatic carbocycles. The van der Waals surface area contributed by atoms with Gasteiger partial charge in [-0.3, -0.25) is 14.4 Å². The molecule has 6 nitrogen and oxygen atoms in total. The molecule has 1 aliphatic carbocycles. The van der Waals surface area contributed by atoms with Crippen LogP contribution < -0.4 is 10.6 Å². The highest BCUT2D eigenvalue weighted by molar-refractivity contribution is 8.01. The van der Waals surface area contributed by atoms with E-state index in [4.69, 9.17) is 4.74 Å². The van der Waals surface area contributed by atoms with Crippen LogP contribution in [-0.2, 0) is 19.1 Å². The lowest BCUT2D eigenvalue weighted by molar-refractivity contribution is -0.149. The van der Waals surface area contributed by atoms with Crippen LogP contribution in [-0.4, -0.2) is 36.2 Å². The third-order valence-electron chi connectivity index (χ3n) is 4.58. The number of ether oxygens (including phenoxy) is 1. The first-order chi connectivity index (χ1) is 13.1. The van der Waals surface area contributed by atoms with Gasteiger partial charge in [0.2, 0.25) is 5.91 Å². The number of thioether (sulfide) groups is 1. The van der Waals surface area contributed by atoms with E-state index in [1.165, 1.54) is 30.2 Å². The molecule has 0 unspecified atom stereocenters. The SMILES string of the molecule is O=C(COC(=O)C[C@H]1Sc2ccccc2NC1=O)NCCC1=CCCCC1. The molecule has 0 spiro atoms. The molecule has 1 heterocycles. The number of amides is 2. The van der Waals surface area contributed by atoms with E-state index >= 15 is 0 Å². The van der Waals surface area contributed by atoms with E-state index in [1.54, 1.807) is 0 Å². The van der Waals surface area contributed by atoms with Crippen molar-refractivity contribution in [1.82, 2.24) is 5.32 Å². The Morgan fingerprint density at radius 3 is 2.93 bits per heavy atom. The number of esters is 1. The summed E-state index contributed by atoms with van der Waals surface area (Å²) in [7, 11) is 0. The van der Waals surface area contributed by atoms with Crippen molar-refractivity contribution in [2.45, 2.75) is 48.7 Å². The van der Waals surface area contributed by atoms with Gasteiger partial charge in [0, 0.05) is 11.4 Å². The number of benzene rings is 1. The van der Waals surface area contributed by atoms with Gasteiger partial charge in [-0.25, -0.2) is 0 Å². The van der Waals surface area contributed by atoms with Crippen LogP contribution >= 0.6 is 11.8 Å². The van der Waals surface area contributed by atoms with Gasteiger partial charge in [-0.2, -0.15) is 0 Å². The Kier molecular flexibility index (Phi) is 6.92. The van der Waals surface area contributed by atoms with Gasteiger partial charge in [-0.15, -0.1) is 11.8 Å². The Bertz CT molecular complexity index is 747. The number of carbonyl (C=O) groups is 3. The third-order valence-corrected chi connectivity index (χ3v) is 5.85. The summed E-state index contributed by atoms with van der Waals surface area (Å²) in [5.41, 5.74) is 2.14. The number of hydrogen-bond acceptors (Lipinski definition) is 5. The lowest BCUT2D eigenvalue weighted by Gasteiger charge is -2.23. The molecule has 1 atom stereocenters. The zero-order valence-electron chi connectivity index (χ0n) is 15.2. The average Bonchev–Trinajstić information content (AvgIpc) is 2.68. The zero-order chi connectivity index (χ0) is 19.1. The number of anilines is 1. The molecule has 1 aliphatic heterocycles. The van der Waals surface area contributed by atoms with Gasteiger partial charge in [0.1, 0.15) is 0 Å². The van der Waals surface area contributed by atoms with Crippen LogP contribution in [0.5, 0.6) is 0 Å². The molecule has 0 saturated heterocycles. The summed E-state index contributed by atoms with van der Waals surface area (Å²) in [6, 6.07) is 7.44. The van der Waals surface area contributed by atoms with Gasteiger partial charge in [0.25, 0.3) is 5.91 Å². The van der Waals surface area contributed by atoms with Crippen molar-refractivity contribution >= 4 is 35.2 Å². The van der Waals surface area contributed by atoms with Crippen LogP contribution in [0, 0.1) is 0 Å². The Balaban J connectivity index is 1.36. The van der Waals surface area contributed by atoms with Crippen LogP contribution in [0.15, 0.2) is 40.8 Å². The highest BCUT2D eigenvalue weighted by Gasteiger charge is 2.29. The van der Waals surface area contributed by atoms with Gasteiger partial charge in [0.05, 0.1) is 17.4 Å². The summed E-state index contributed by atoms with van der Waals surface area (Å²) in [5, 5.41) is 5.01. The first-order valence-corrected chi connectivity index (χ1v) is 10.2. The van der Waals surface area contributed by atoms with Crippen molar-refractivity contribution in [3.05, 3.63) is 35.9 Å². The molecule has 2 amide bonds. The first kappa shape index (κ1) is 19.5. The number of fused-ring (bicyclic) bond motifs is 1. The molecular formula is C20H24N2O4S. The van der Waals surface area contributed by atoms with E-state index in [9.17, 15) is 14.4 Å². The highest BCUT2D eigenvalue weighted by atomic mass is 32.2. The van der Waals surface area contributed by atoms with Gasteiger partial charge in [-0.1, -0.05) is 23.8 Å². The van der Waals surface area contributed by atoms with Crippen LogP contribution in [0.1, 0.15) is 38.5 Å². The number of allylic oxidation sites excluding steroid dienone is 1. The molecule has 0 saturated carbocycles. The van der Waals surface area contributed by atoms with Crippen molar-refractivity contribution in [3.8, 4) is 0 Å². The maximum absolute atomic E-state index is 12.1. The van der Waals surface area contributed by atoms with Crippen LogP contribution in [0.25, 0.3) is 0 Å². The summed E-state index contributed by atoms with van der Waals surface area (Å²) in [6.07, 6.45) is 7.72. The normalized spacial score (nSPS) is 18.7. The molecule has 0 radical (unpaired) electrons. The van der Waals surface area contributed by atoms with Crippen molar-refractivity contribution in [2.75, 3.05) is 18.5 Å². The maximum atomic E-state index is 12.1. The fraction of sp³-hybridized carbons (Fsp3) is 0.450. The first-order valence-electron chi connectivity index (χ1n) is 9.28. The van der Waals surface area contributed by atoms with Gasteiger partial charge < -0.3 is 15.4 Å². The summed E-state index contributed by atoms with van der Waals surface area (Å²) >= 11 is 1.34. The molecule has 27 heavy (non-hydrogen) atoms. The summed E-state index contributed by atoms with van der Waals surface area (Å²) in [4.78, 5) is 36.8. The fourth-order valence-electron chi connectivity index (χ4n) is 3.13. The smallest absolute Gasteiger partial charge is 0.307 e. The van der Waals surface area contributed by atoms with Crippen molar-refractivity contribution in [3.63, 3.8) is 0 Å². The zero-order valence-corrected chi connectivity index (χ0v) is 16.0. The van der Waals surface area contributed by atoms with E-state index in [0.717, 1.165) is 29.8 Å².